The van der Waals surface area contributed by atoms with E-state index in [2.05, 4.69) is 150 Å². The summed E-state index contributed by atoms with van der Waals surface area (Å²) in [5.74, 6) is 0. The van der Waals surface area contributed by atoms with E-state index in [9.17, 15) is 0 Å². The van der Waals surface area contributed by atoms with Crippen LogP contribution in [-0.4, -0.2) is 9.97 Å². The van der Waals surface area contributed by atoms with Crippen molar-refractivity contribution in [3.63, 3.8) is 0 Å². The van der Waals surface area contributed by atoms with E-state index in [4.69, 9.17) is 9.97 Å². The second-order valence-electron chi connectivity index (χ2n) is 13.9. The van der Waals surface area contributed by atoms with Crippen molar-refractivity contribution in [3.8, 4) is 0 Å². The van der Waals surface area contributed by atoms with Gasteiger partial charge in [-0.25, -0.2) is 9.97 Å². The first-order valence-corrected chi connectivity index (χ1v) is 20.2. The number of nitrogens with zero attached hydrogens (tertiary/aromatic N) is 4. The van der Waals surface area contributed by atoms with Gasteiger partial charge in [0.25, 0.3) is 0 Å². The van der Waals surface area contributed by atoms with E-state index in [-0.39, 0.29) is 0 Å². The molecule has 0 aliphatic carbocycles. The predicted octanol–water partition coefficient (Wildman–Crippen LogP) is 15.0. The summed E-state index contributed by atoms with van der Waals surface area (Å²) >= 11 is 3.48. The van der Waals surface area contributed by atoms with E-state index in [1.54, 1.807) is 22.7 Å². The van der Waals surface area contributed by atoms with Gasteiger partial charge in [-0.2, -0.15) is 0 Å². The Morgan fingerprint density at radius 2 is 1.04 bits per heavy atom. The molecule has 4 aromatic heterocycles. The first-order valence-electron chi connectivity index (χ1n) is 18.6. The second-order valence-corrected chi connectivity index (χ2v) is 15.9. The van der Waals surface area contributed by atoms with Crippen molar-refractivity contribution in [1.82, 2.24) is 9.97 Å². The second kappa shape index (κ2) is 12.9. The average Bonchev–Trinajstić information content (AvgIpc) is 3.83. The Balaban J connectivity index is 1.19. The SMILES string of the molecule is C=C/C=C(\C=C)N(c1ccc2ccc3c(N(c4ccccc4)c4cccc5c4sc4ncccc45)ccc4ccc1c2c43)c1cccc2c1sc1ncccc12. The zero-order chi connectivity index (χ0) is 37.3. The minimum Gasteiger partial charge on any atom is -0.308 e. The molecule has 11 rings (SSSR count). The van der Waals surface area contributed by atoms with Crippen LogP contribution < -0.4 is 9.80 Å². The topological polar surface area (TPSA) is 32.3 Å². The Morgan fingerprint density at radius 3 is 1.66 bits per heavy atom. The number of benzene rings is 7. The van der Waals surface area contributed by atoms with Crippen LogP contribution in [0.15, 0.2) is 189 Å². The molecule has 0 aliphatic rings. The first kappa shape index (κ1) is 32.6. The van der Waals surface area contributed by atoms with Gasteiger partial charge in [0.15, 0.2) is 0 Å². The molecule has 264 valence electrons. The molecule has 0 saturated carbocycles. The fourth-order valence-electron chi connectivity index (χ4n) is 8.50. The number of pyridine rings is 2. The third-order valence-electron chi connectivity index (χ3n) is 10.9. The molecule has 0 spiro atoms. The summed E-state index contributed by atoms with van der Waals surface area (Å²) in [5, 5.41) is 12.0. The predicted molar refractivity (Wildman–Crippen MR) is 243 cm³/mol. The number of hydrogen-bond donors (Lipinski definition) is 0. The molecule has 0 radical (unpaired) electrons. The number of anilines is 5. The molecule has 0 bridgehead atoms. The number of rotatable bonds is 8. The van der Waals surface area contributed by atoms with Gasteiger partial charge in [-0.1, -0.05) is 98.1 Å². The van der Waals surface area contributed by atoms with Crippen LogP contribution >= 0.6 is 22.7 Å². The molecule has 4 heterocycles. The van der Waals surface area contributed by atoms with Crippen molar-refractivity contribution in [2.45, 2.75) is 0 Å². The van der Waals surface area contributed by atoms with Crippen LogP contribution in [0.3, 0.4) is 0 Å². The molecule has 7 aromatic carbocycles. The van der Waals surface area contributed by atoms with Gasteiger partial charge in [-0.15, -0.1) is 22.7 Å². The summed E-state index contributed by atoms with van der Waals surface area (Å²) in [5.41, 5.74) is 6.45. The number of fused-ring (bicyclic) bond motifs is 6. The molecule has 56 heavy (non-hydrogen) atoms. The van der Waals surface area contributed by atoms with Crippen LogP contribution in [0.5, 0.6) is 0 Å². The molecule has 0 amide bonds. The lowest BCUT2D eigenvalue weighted by molar-refractivity contribution is 1.24. The van der Waals surface area contributed by atoms with Gasteiger partial charge in [0.2, 0.25) is 0 Å². The van der Waals surface area contributed by atoms with Crippen LogP contribution in [0.1, 0.15) is 0 Å². The van der Waals surface area contributed by atoms with Crippen molar-refractivity contribution >= 4 is 124 Å². The van der Waals surface area contributed by atoms with Crippen LogP contribution in [0.25, 0.3) is 72.9 Å². The third kappa shape index (κ3) is 4.83. The largest absolute Gasteiger partial charge is 0.308 e. The summed E-state index contributed by atoms with van der Waals surface area (Å²) in [7, 11) is 0. The highest BCUT2D eigenvalue weighted by Crippen LogP contribution is 2.50. The molecular weight excluding hydrogens is 721 g/mol. The smallest absolute Gasteiger partial charge is 0.124 e. The molecule has 0 atom stereocenters. The number of allylic oxidation sites excluding steroid dienone is 3. The quantitative estimate of drug-likeness (QED) is 0.114. The van der Waals surface area contributed by atoms with E-state index in [1.807, 2.05) is 42.8 Å². The first-order chi connectivity index (χ1) is 27.7. The molecule has 0 saturated heterocycles. The van der Waals surface area contributed by atoms with E-state index in [1.165, 1.54) is 52.5 Å². The fraction of sp³-hybridized carbons (Fsp3) is 0. The minimum atomic E-state index is 0.940. The minimum absolute atomic E-state index is 0.940. The van der Waals surface area contributed by atoms with E-state index in [0.717, 1.165) is 54.6 Å². The van der Waals surface area contributed by atoms with E-state index in [0.29, 0.717) is 0 Å². The van der Waals surface area contributed by atoms with Crippen molar-refractivity contribution in [3.05, 3.63) is 189 Å². The zero-order valence-electron chi connectivity index (χ0n) is 30.2. The molecular formula is C50H32N4S2. The van der Waals surface area contributed by atoms with Gasteiger partial charge in [0.05, 0.1) is 32.1 Å². The number of para-hydroxylation sites is 1. The Kier molecular flexibility index (Phi) is 7.49. The molecule has 6 heteroatoms. The standard InChI is InChI=1S/C50H32N4S2/c1-3-12-33(4-2)53(43-19-8-15-35-37-17-10-29-51-49(37)55-47(35)43)41-27-23-31-22-26-40-42(28-24-32-21-25-39(41)45(31)46(32)40)54(34-13-6-5-7-14-34)44-20-9-16-36-38-18-11-30-52-50(38)56-48(36)44/h3-30H,1-2H2/b33-12+. The Morgan fingerprint density at radius 1 is 0.482 bits per heavy atom. The molecule has 0 N–H and O–H groups in total. The van der Waals surface area contributed by atoms with Crippen LogP contribution in [0, 0.1) is 0 Å². The summed E-state index contributed by atoms with van der Waals surface area (Å²) < 4.78 is 2.39. The summed E-state index contributed by atoms with van der Waals surface area (Å²) in [6, 6.07) is 50.5. The van der Waals surface area contributed by atoms with Gasteiger partial charge in [0.1, 0.15) is 9.66 Å². The maximum Gasteiger partial charge on any atom is 0.124 e. The Hall–Kier alpha value is -6.86. The van der Waals surface area contributed by atoms with Gasteiger partial charge in [-0.05, 0) is 94.4 Å². The lowest BCUT2D eigenvalue weighted by Crippen LogP contribution is -2.15. The molecule has 0 unspecified atom stereocenters. The van der Waals surface area contributed by atoms with Gasteiger partial charge < -0.3 is 9.80 Å². The van der Waals surface area contributed by atoms with E-state index < -0.39 is 0 Å². The van der Waals surface area contributed by atoms with Crippen molar-refractivity contribution in [2.24, 2.45) is 0 Å². The molecule has 0 fully saturated rings. The average molecular weight is 753 g/mol. The summed E-state index contributed by atoms with van der Waals surface area (Å²) in [6.07, 6.45) is 9.55. The van der Waals surface area contributed by atoms with Crippen LogP contribution in [0.4, 0.5) is 28.4 Å². The van der Waals surface area contributed by atoms with Crippen molar-refractivity contribution in [1.29, 1.82) is 0 Å². The fourth-order valence-corrected chi connectivity index (χ4v) is 10.8. The van der Waals surface area contributed by atoms with Crippen LogP contribution in [-0.2, 0) is 0 Å². The Bertz CT molecular complexity index is 3380. The summed E-state index contributed by atoms with van der Waals surface area (Å²) in [4.78, 5) is 16.3. The van der Waals surface area contributed by atoms with Crippen molar-refractivity contribution in [2.75, 3.05) is 9.80 Å². The third-order valence-corrected chi connectivity index (χ3v) is 13.2. The monoisotopic (exact) mass is 752 g/mol. The van der Waals surface area contributed by atoms with Gasteiger partial charge in [0, 0.05) is 56.1 Å². The number of aromatic nitrogens is 2. The van der Waals surface area contributed by atoms with Crippen molar-refractivity contribution < 1.29 is 0 Å². The van der Waals surface area contributed by atoms with E-state index >= 15 is 0 Å². The normalized spacial score (nSPS) is 12.2. The van der Waals surface area contributed by atoms with Gasteiger partial charge >= 0.3 is 0 Å². The number of hydrogen-bond acceptors (Lipinski definition) is 6. The highest BCUT2D eigenvalue weighted by atomic mass is 32.1. The molecule has 11 aromatic rings. The lowest BCUT2D eigenvalue weighted by atomic mass is 9.91. The highest BCUT2D eigenvalue weighted by molar-refractivity contribution is 7.26. The van der Waals surface area contributed by atoms with Crippen LogP contribution in [0.2, 0.25) is 0 Å². The number of thiophene rings is 2. The maximum absolute atomic E-state index is 4.75. The summed E-state index contributed by atoms with van der Waals surface area (Å²) in [6.45, 7) is 8.37. The molecule has 0 aliphatic heterocycles. The maximum atomic E-state index is 4.75. The molecule has 4 nitrogen and oxygen atoms in total. The highest BCUT2D eigenvalue weighted by Gasteiger charge is 2.24. The Labute approximate surface area is 331 Å². The van der Waals surface area contributed by atoms with Gasteiger partial charge in [-0.3, -0.25) is 0 Å². The zero-order valence-corrected chi connectivity index (χ0v) is 31.8. The lowest BCUT2D eigenvalue weighted by Gasteiger charge is -2.30.